The summed E-state index contributed by atoms with van der Waals surface area (Å²) in [7, 11) is -7.90. The van der Waals surface area contributed by atoms with Gasteiger partial charge in [-0.3, -0.25) is 9.79 Å². The fourth-order valence-corrected chi connectivity index (χ4v) is 7.07. The van der Waals surface area contributed by atoms with Crippen molar-refractivity contribution >= 4 is 7.82 Å². The number of hydrogen-bond acceptors (Lipinski definition) is 7. The third kappa shape index (κ3) is 3.81. The Hall–Kier alpha value is 0.500. The van der Waals surface area contributed by atoms with Gasteiger partial charge in [0, 0.05) is 19.2 Å². The molecule has 1 spiro atoms. The summed E-state index contributed by atoms with van der Waals surface area (Å²) >= 11 is 0. The van der Waals surface area contributed by atoms with Gasteiger partial charge in [-0.2, -0.15) is 10.1 Å². The number of methoxy groups -OCH3 is 1. The summed E-state index contributed by atoms with van der Waals surface area (Å²) < 4.78 is 45.2. The maximum absolute atomic E-state index is 11.5. The van der Waals surface area contributed by atoms with E-state index in [0.717, 1.165) is 19.3 Å². The van der Waals surface area contributed by atoms with Crippen LogP contribution in [0.2, 0.25) is 0 Å². The molecule has 6 rings (SSSR count). The minimum Gasteiger partial charge on any atom is -0.403 e. The first-order chi connectivity index (χ1) is 15.4. The SMILES string of the molecule is [2H]C([2H])([2H])OC1(c2ccc(C#N)c(OP(=O)(O)O)c2)OOC12C1CC3CC2CC(CO)(C3)C1.[Na+].[Na+]. The number of phosphoric ester groups is 1. The Balaban J connectivity index is 0.00000171. The van der Waals surface area contributed by atoms with Crippen LogP contribution in [0.5, 0.6) is 5.75 Å². The molecule has 5 fully saturated rings. The zero-order valence-electron chi connectivity index (χ0n) is 21.0. The molecule has 5 aliphatic rings. The van der Waals surface area contributed by atoms with E-state index in [-0.39, 0.29) is 94.1 Å². The van der Waals surface area contributed by atoms with Crippen LogP contribution in [0.4, 0.5) is 0 Å². The quantitative estimate of drug-likeness (QED) is 0.219. The Morgan fingerprint density at radius 1 is 1.25 bits per heavy atom. The molecule has 1 aliphatic heterocycles. The van der Waals surface area contributed by atoms with E-state index < -0.39 is 32.0 Å². The van der Waals surface area contributed by atoms with Crippen molar-refractivity contribution in [3.05, 3.63) is 29.3 Å². The van der Waals surface area contributed by atoms with Gasteiger partial charge >= 0.3 is 66.9 Å². The van der Waals surface area contributed by atoms with Crippen molar-refractivity contribution < 1.29 is 102 Å². The number of aliphatic hydroxyl groups excluding tert-OH is 1. The van der Waals surface area contributed by atoms with Crippen LogP contribution in [0.1, 0.15) is 47.3 Å². The van der Waals surface area contributed by atoms with E-state index >= 15 is 0 Å². The van der Waals surface area contributed by atoms with Gasteiger partial charge in [0.2, 0.25) is 0 Å². The van der Waals surface area contributed by atoms with Gasteiger partial charge in [0.15, 0.2) is 5.60 Å². The average Bonchev–Trinajstić information content (AvgIpc) is 2.69. The number of hydrogen-bond donors (Lipinski definition) is 3. The van der Waals surface area contributed by atoms with Gasteiger partial charge in [-0.1, -0.05) is 6.07 Å². The zero-order chi connectivity index (χ0) is 23.9. The topological polar surface area (TPSA) is 138 Å². The van der Waals surface area contributed by atoms with Gasteiger partial charge in [-0.25, -0.2) is 9.45 Å². The summed E-state index contributed by atoms with van der Waals surface area (Å²) in [6, 6.07) is 5.66. The minimum atomic E-state index is -5.01. The van der Waals surface area contributed by atoms with Crippen LogP contribution in [-0.4, -0.2) is 34.1 Å². The monoisotopic (exact) mass is 486 g/mol. The van der Waals surface area contributed by atoms with Crippen LogP contribution in [0.25, 0.3) is 0 Å². The minimum absolute atomic E-state index is 0. The Labute approximate surface area is 234 Å². The van der Waals surface area contributed by atoms with E-state index in [9.17, 15) is 24.7 Å². The largest absolute Gasteiger partial charge is 1.00 e. The molecule has 1 aromatic rings. The summed E-state index contributed by atoms with van der Waals surface area (Å²) in [5.74, 6) is -2.26. The molecule has 3 unspecified atom stereocenters. The van der Waals surface area contributed by atoms with Crippen molar-refractivity contribution in [2.45, 2.75) is 43.5 Å². The van der Waals surface area contributed by atoms with Crippen LogP contribution in [0, 0.1) is 34.5 Å². The smallest absolute Gasteiger partial charge is 0.403 e. The molecule has 1 heterocycles. The van der Waals surface area contributed by atoms with Gasteiger partial charge in [0.1, 0.15) is 11.8 Å². The number of phosphoric acid groups is 1. The second-order valence-corrected chi connectivity index (χ2v) is 10.2. The summed E-state index contributed by atoms with van der Waals surface area (Å²) in [4.78, 5) is 29.9. The molecule has 12 heteroatoms. The Morgan fingerprint density at radius 2 is 1.94 bits per heavy atom. The summed E-state index contributed by atoms with van der Waals surface area (Å²) in [6.07, 6.45) is 3.67. The maximum atomic E-state index is 11.5. The maximum Gasteiger partial charge on any atom is 1.00 e. The van der Waals surface area contributed by atoms with E-state index in [1.165, 1.54) is 18.2 Å². The van der Waals surface area contributed by atoms with Crippen LogP contribution in [-0.2, 0) is 24.9 Å². The predicted molar refractivity (Wildman–Crippen MR) is 100 cm³/mol. The third-order valence-corrected chi connectivity index (χ3v) is 7.95. The average molecular weight is 486 g/mol. The molecule has 4 saturated carbocycles. The van der Waals surface area contributed by atoms with Crippen molar-refractivity contribution in [2.24, 2.45) is 23.2 Å². The molecule has 1 saturated heterocycles. The van der Waals surface area contributed by atoms with E-state index in [2.05, 4.69) is 0 Å². The molecular formula is C20H24NNa2O8P+2. The van der Waals surface area contributed by atoms with Crippen LogP contribution in [0.3, 0.4) is 0 Å². The molecular weight excluding hydrogens is 459 g/mol. The summed E-state index contributed by atoms with van der Waals surface area (Å²) in [5, 5.41) is 19.5. The number of ether oxygens (including phenoxy) is 1. The van der Waals surface area contributed by atoms with Crippen LogP contribution >= 0.6 is 7.82 Å². The van der Waals surface area contributed by atoms with Gasteiger partial charge in [-0.15, -0.1) is 0 Å². The van der Waals surface area contributed by atoms with Gasteiger partial charge in [-0.05, 0) is 67.4 Å². The van der Waals surface area contributed by atoms with E-state index in [0.29, 0.717) is 18.8 Å². The summed E-state index contributed by atoms with van der Waals surface area (Å²) in [5.41, 5.74) is -1.43. The second-order valence-electron chi connectivity index (χ2n) is 9.08. The molecule has 3 atom stereocenters. The van der Waals surface area contributed by atoms with Crippen molar-refractivity contribution in [1.29, 1.82) is 5.26 Å². The van der Waals surface area contributed by atoms with E-state index in [1.807, 2.05) is 0 Å². The first-order valence-corrected chi connectivity index (χ1v) is 11.4. The molecule has 4 bridgehead atoms. The van der Waals surface area contributed by atoms with Crippen molar-refractivity contribution in [1.82, 2.24) is 0 Å². The standard InChI is InChI=1S/C20H24NO8P.2Na/c1-26-20(14-3-2-13(10-21)17(6-14)27-30(23,24)25)19(28-29-20)15-4-12-5-16(19)9-18(7-12,8-15)11-22;;/h2-3,6,12,15-16,22H,4-5,7-9,11H2,1H3,(H2,23,24,25);;/q;2*+1/i1D3;;. The molecule has 1 aromatic carbocycles. The molecule has 4 aliphatic carbocycles. The first-order valence-electron chi connectivity index (χ1n) is 11.3. The van der Waals surface area contributed by atoms with Gasteiger partial charge < -0.3 is 14.4 Å². The van der Waals surface area contributed by atoms with Crippen molar-refractivity contribution in [3.8, 4) is 11.8 Å². The first kappa shape index (κ1) is 22.9. The molecule has 32 heavy (non-hydrogen) atoms. The molecule has 0 radical (unpaired) electrons. The molecule has 0 aromatic heterocycles. The predicted octanol–water partition coefficient (Wildman–Crippen LogP) is -3.64. The van der Waals surface area contributed by atoms with Gasteiger partial charge in [0.05, 0.1) is 9.68 Å². The van der Waals surface area contributed by atoms with Gasteiger partial charge in [0.25, 0.3) is 5.79 Å². The molecule has 0 amide bonds. The third-order valence-electron chi connectivity index (χ3n) is 7.52. The molecule has 3 N–H and O–H groups in total. The summed E-state index contributed by atoms with van der Waals surface area (Å²) in [6.45, 7) is 0.0394. The fraction of sp³-hybridized carbons (Fsp3) is 0.650. The van der Waals surface area contributed by atoms with Crippen molar-refractivity contribution in [3.63, 3.8) is 0 Å². The molecule has 162 valence electrons. The number of nitrogens with zero attached hydrogens (tertiary/aromatic N) is 1. The number of nitriles is 1. The van der Waals surface area contributed by atoms with Crippen LogP contribution < -0.4 is 63.6 Å². The van der Waals surface area contributed by atoms with E-state index in [1.54, 1.807) is 6.07 Å². The Kier molecular flexibility index (Phi) is 6.58. The number of rotatable bonds is 5. The normalized spacial score (nSPS) is 40.7. The van der Waals surface area contributed by atoms with Crippen LogP contribution in [0.15, 0.2) is 18.2 Å². The fourth-order valence-electron chi connectivity index (χ4n) is 6.66. The number of aliphatic hydroxyl groups is 1. The number of benzene rings is 1. The zero-order valence-corrected chi connectivity index (χ0v) is 22.9. The van der Waals surface area contributed by atoms with E-state index in [4.69, 9.17) is 23.1 Å². The Bertz CT molecular complexity index is 1060. The van der Waals surface area contributed by atoms with Crippen molar-refractivity contribution in [2.75, 3.05) is 13.6 Å². The second kappa shape index (κ2) is 9.18. The Morgan fingerprint density at radius 3 is 2.44 bits per heavy atom. The molecule has 9 nitrogen and oxygen atoms in total.